The summed E-state index contributed by atoms with van der Waals surface area (Å²) in [7, 11) is 0. The number of aryl methyl sites for hydroxylation is 1. The molecule has 0 aliphatic carbocycles. The Morgan fingerprint density at radius 1 is 1.62 bits per heavy atom. The second-order valence-electron chi connectivity index (χ2n) is 2.78. The zero-order chi connectivity index (χ0) is 11.9. The van der Waals surface area contributed by atoms with Gasteiger partial charge in [0.2, 0.25) is 0 Å². The molecule has 2 aromatic rings. The summed E-state index contributed by atoms with van der Waals surface area (Å²) in [6.45, 7) is -2.34. The molecule has 0 aliphatic rings. The standard InChI is InChI=1S/C10H10N2O/c1-7-6-12-5-3-2-4-8(12)9(7)10(11)13/h2-6H,1H3,(H2,11,13)/i1D3. The predicted octanol–water partition coefficient (Wildman–Crippen LogP) is 1.35. The van der Waals surface area contributed by atoms with Crippen LogP contribution in [0, 0.1) is 6.85 Å². The fourth-order valence-corrected chi connectivity index (χ4v) is 1.38. The van der Waals surface area contributed by atoms with Crippen LogP contribution < -0.4 is 5.73 Å². The van der Waals surface area contributed by atoms with E-state index in [9.17, 15) is 4.79 Å². The summed E-state index contributed by atoms with van der Waals surface area (Å²) in [5, 5.41) is 0. The molecular formula is C10H10N2O. The van der Waals surface area contributed by atoms with Crippen molar-refractivity contribution in [3.8, 4) is 0 Å². The highest BCUT2D eigenvalue weighted by Crippen LogP contribution is 2.16. The van der Waals surface area contributed by atoms with Crippen LogP contribution in [0.3, 0.4) is 0 Å². The van der Waals surface area contributed by atoms with Gasteiger partial charge in [-0.2, -0.15) is 0 Å². The average molecular weight is 177 g/mol. The van der Waals surface area contributed by atoms with Crippen LogP contribution in [0.4, 0.5) is 0 Å². The molecule has 0 fully saturated rings. The minimum Gasteiger partial charge on any atom is -0.366 e. The number of aromatic nitrogens is 1. The van der Waals surface area contributed by atoms with E-state index in [2.05, 4.69) is 0 Å². The average Bonchev–Trinajstić information content (AvgIpc) is 2.55. The molecule has 2 rings (SSSR count). The number of amides is 1. The topological polar surface area (TPSA) is 47.5 Å². The van der Waals surface area contributed by atoms with Crippen molar-refractivity contribution >= 4 is 11.4 Å². The van der Waals surface area contributed by atoms with Crippen molar-refractivity contribution in [1.29, 1.82) is 0 Å². The van der Waals surface area contributed by atoms with Crippen molar-refractivity contribution in [1.82, 2.24) is 4.40 Å². The Bertz CT molecular complexity index is 557. The number of pyridine rings is 1. The quantitative estimate of drug-likeness (QED) is 0.702. The lowest BCUT2D eigenvalue weighted by molar-refractivity contribution is 0.100. The number of hydrogen-bond acceptors (Lipinski definition) is 1. The highest BCUT2D eigenvalue weighted by molar-refractivity contribution is 6.01. The zero-order valence-corrected chi connectivity index (χ0v) is 6.82. The molecule has 3 heteroatoms. The monoisotopic (exact) mass is 177 g/mol. The third kappa shape index (κ3) is 1.09. The molecule has 3 nitrogen and oxygen atoms in total. The van der Waals surface area contributed by atoms with E-state index in [-0.39, 0.29) is 11.1 Å². The molecule has 0 saturated heterocycles. The van der Waals surface area contributed by atoms with Crippen LogP contribution in [0.5, 0.6) is 0 Å². The maximum Gasteiger partial charge on any atom is 0.251 e. The lowest BCUT2D eigenvalue weighted by Gasteiger charge is -1.95. The van der Waals surface area contributed by atoms with Gasteiger partial charge in [-0.3, -0.25) is 4.79 Å². The Balaban J connectivity index is 2.84. The Morgan fingerprint density at radius 2 is 2.46 bits per heavy atom. The second-order valence-corrected chi connectivity index (χ2v) is 2.78. The van der Waals surface area contributed by atoms with Gasteiger partial charge in [-0.25, -0.2) is 0 Å². The van der Waals surface area contributed by atoms with Gasteiger partial charge in [0.1, 0.15) is 0 Å². The third-order valence-electron chi connectivity index (χ3n) is 1.93. The molecule has 2 heterocycles. The fourth-order valence-electron chi connectivity index (χ4n) is 1.38. The second kappa shape index (κ2) is 2.62. The molecule has 1 amide bonds. The number of carbonyl (C=O) groups excluding carboxylic acids is 1. The maximum atomic E-state index is 11.3. The summed E-state index contributed by atoms with van der Waals surface area (Å²) in [6.07, 6.45) is 3.10. The van der Waals surface area contributed by atoms with Crippen LogP contribution >= 0.6 is 0 Å². The van der Waals surface area contributed by atoms with Crippen LogP contribution in [0.2, 0.25) is 0 Å². The van der Waals surface area contributed by atoms with E-state index >= 15 is 0 Å². The summed E-state index contributed by atoms with van der Waals surface area (Å²) in [4.78, 5) is 11.3. The van der Waals surface area contributed by atoms with Gasteiger partial charge in [-0.15, -0.1) is 0 Å². The van der Waals surface area contributed by atoms with Gasteiger partial charge in [0.15, 0.2) is 0 Å². The number of primary amides is 1. The summed E-state index contributed by atoms with van der Waals surface area (Å²) in [5.74, 6) is -0.722. The van der Waals surface area contributed by atoms with Crippen molar-refractivity contribution in [2.45, 2.75) is 6.85 Å². The number of fused-ring (bicyclic) bond motifs is 1. The van der Waals surface area contributed by atoms with Crippen LogP contribution in [0.25, 0.3) is 5.52 Å². The van der Waals surface area contributed by atoms with Gasteiger partial charge < -0.3 is 10.1 Å². The number of carbonyl (C=O) groups is 1. The van der Waals surface area contributed by atoms with Crippen molar-refractivity contribution in [3.63, 3.8) is 0 Å². The lowest BCUT2D eigenvalue weighted by Crippen LogP contribution is -2.11. The normalized spacial score (nSPS) is 14.9. The highest BCUT2D eigenvalue weighted by Gasteiger charge is 2.10. The molecule has 66 valence electrons. The van der Waals surface area contributed by atoms with Crippen LogP contribution in [0.15, 0.2) is 30.6 Å². The van der Waals surface area contributed by atoms with Gasteiger partial charge in [0.25, 0.3) is 5.91 Å². The van der Waals surface area contributed by atoms with Crippen molar-refractivity contribution < 1.29 is 8.91 Å². The Labute approximate surface area is 80.0 Å². The molecule has 0 aromatic carbocycles. The highest BCUT2D eigenvalue weighted by atomic mass is 16.1. The van der Waals surface area contributed by atoms with Crippen LogP contribution in [-0.2, 0) is 0 Å². The minimum absolute atomic E-state index is 0.00815. The molecule has 2 N–H and O–H groups in total. The largest absolute Gasteiger partial charge is 0.366 e. The molecule has 0 unspecified atom stereocenters. The number of rotatable bonds is 1. The Hall–Kier alpha value is -1.77. The molecule has 13 heavy (non-hydrogen) atoms. The third-order valence-corrected chi connectivity index (χ3v) is 1.93. The van der Waals surface area contributed by atoms with Gasteiger partial charge in [0, 0.05) is 16.5 Å². The first-order valence-electron chi connectivity index (χ1n) is 5.31. The molecule has 0 atom stereocenters. The maximum absolute atomic E-state index is 11.3. The van der Waals surface area contributed by atoms with Crippen LogP contribution in [-0.4, -0.2) is 10.3 Å². The van der Waals surface area contributed by atoms with Crippen molar-refractivity contribution in [2.24, 2.45) is 5.73 Å². The van der Waals surface area contributed by atoms with Gasteiger partial charge in [0.05, 0.1) is 11.1 Å². The summed E-state index contributed by atoms with van der Waals surface area (Å²) < 4.78 is 23.6. The molecular weight excluding hydrogens is 164 g/mol. The van der Waals surface area contributed by atoms with E-state index in [0.29, 0.717) is 5.52 Å². The number of nitrogens with zero attached hydrogens (tertiary/aromatic N) is 1. The molecule has 0 saturated carbocycles. The Kier molecular flexibility index (Phi) is 1.02. The molecule has 0 aliphatic heterocycles. The van der Waals surface area contributed by atoms with Crippen LogP contribution in [0.1, 0.15) is 20.0 Å². The van der Waals surface area contributed by atoms with Gasteiger partial charge in [-0.1, -0.05) is 6.07 Å². The van der Waals surface area contributed by atoms with Gasteiger partial charge in [-0.05, 0) is 24.5 Å². The fraction of sp³-hybridized carbons (Fsp3) is 0.100. The van der Waals surface area contributed by atoms with E-state index < -0.39 is 12.8 Å². The number of nitrogens with two attached hydrogens (primary N) is 1. The van der Waals surface area contributed by atoms with E-state index in [1.165, 1.54) is 6.20 Å². The Morgan fingerprint density at radius 3 is 3.15 bits per heavy atom. The molecule has 2 aromatic heterocycles. The first-order valence-corrected chi connectivity index (χ1v) is 3.81. The number of hydrogen-bond donors (Lipinski definition) is 1. The van der Waals surface area contributed by atoms with E-state index in [1.807, 2.05) is 0 Å². The smallest absolute Gasteiger partial charge is 0.251 e. The van der Waals surface area contributed by atoms with Crippen molar-refractivity contribution in [3.05, 3.63) is 41.7 Å². The first kappa shape index (κ1) is 5.07. The molecule has 0 spiro atoms. The summed E-state index contributed by atoms with van der Waals surface area (Å²) >= 11 is 0. The van der Waals surface area contributed by atoms with E-state index in [0.717, 1.165) is 0 Å². The molecule has 0 radical (unpaired) electrons. The molecule has 0 bridgehead atoms. The van der Waals surface area contributed by atoms with E-state index in [1.54, 1.807) is 28.8 Å². The van der Waals surface area contributed by atoms with E-state index in [4.69, 9.17) is 9.85 Å². The summed E-state index contributed by atoms with van der Waals surface area (Å²) in [5.41, 5.74) is 5.80. The first-order chi connectivity index (χ1) is 7.41. The SMILES string of the molecule is [2H]C([2H])([2H])c1cn2ccccc2c1C(N)=O. The predicted molar refractivity (Wildman–Crippen MR) is 50.7 cm³/mol. The van der Waals surface area contributed by atoms with Crippen molar-refractivity contribution in [2.75, 3.05) is 0 Å². The lowest BCUT2D eigenvalue weighted by atomic mass is 10.2. The minimum atomic E-state index is -2.34. The van der Waals surface area contributed by atoms with Gasteiger partial charge >= 0.3 is 0 Å². The zero-order valence-electron chi connectivity index (χ0n) is 9.82. The summed E-state index contributed by atoms with van der Waals surface area (Å²) in [6, 6.07) is 5.14.